The lowest BCUT2D eigenvalue weighted by molar-refractivity contribution is 0.304. The van der Waals surface area contributed by atoms with Crippen molar-refractivity contribution in [1.82, 2.24) is 0 Å². The molecule has 0 aliphatic heterocycles. The average Bonchev–Trinajstić information content (AvgIpc) is 2.38. The molecule has 0 unspecified atom stereocenters. The van der Waals surface area contributed by atoms with E-state index in [1.807, 2.05) is 24.3 Å². The first-order chi connectivity index (χ1) is 8.74. The molecule has 0 aliphatic rings. The van der Waals surface area contributed by atoms with Gasteiger partial charge in [0.2, 0.25) is 0 Å². The third kappa shape index (κ3) is 6.51. The highest BCUT2D eigenvalue weighted by Gasteiger charge is 2.02. The molecule has 0 heterocycles. The maximum absolute atomic E-state index is 5.77. The van der Waals surface area contributed by atoms with Crippen molar-refractivity contribution < 1.29 is 4.74 Å². The van der Waals surface area contributed by atoms with E-state index >= 15 is 0 Å². The lowest BCUT2D eigenvalue weighted by atomic mass is 10.1. The largest absolute Gasteiger partial charge is 0.494 e. The SMILES string of the molecule is CCCCCCCCOc1ccc(C(Cl)Cl)cc1. The minimum Gasteiger partial charge on any atom is -0.494 e. The van der Waals surface area contributed by atoms with E-state index in [0.29, 0.717) is 0 Å². The first-order valence-corrected chi connectivity index (χ1v) is 7.62. The molecule has 1 aromatic rings. The van der Waals surface area contributed by atoms with Crippen LogP contribution >= 0.6 is 23.2 Å². The van der Waals surface area contributed by atoms with E-state index in [-0.39, 0.29) is 0 Å². The Hall–Kier alpha value is -0.400. The van der Waals surface area contributed by atoms with E-state index in [1.165, 1.54) is 32.1 Å². The highest BCUT2D eigenvalue weighted by atomic mass is 35.5. The Kier molecular flexibility index (Phi) is 8.28. The topological polar surface area (TPSA) is 9.23 Å². The van der Waals surface area contributed by atoms with E-state index < -0.39 is 4.84 Å². The van der Waals surface area contributed by atoms with Gasteiger partial charge < -0.3 is 4.74 Å². The third-order valence-corrected chi connectivity index (χ3v) is 3.40. The summed E-state index contributed by atoms with van der Waals surface area (Å²) in [5, 5.41) is 0. The molecular formula is C15H22Cl2O. The third-order valence-electron chi connectivity index (χ3n) is 2.90. The minimum absolute atomic E-state index is 0.461. The monoisotopic (exact) mass is 288 g/mol. The van der Waals surface area contributed by atoms with Crippen LogP contribution in [-0.4, -0.2) is 6.61 Å². The normalized spacial score (nSPS) is 10.9. The molecule has 0 atom stereocenters. The first-order valence-electron chi connectivity index (χ1n) is 6.75. The van der Waals surface area contributed by atoms with Crippen molar-refractivity contribution in [2.45, 2.75) is 50.3 Å². The summed E-state index contributed by atoms with van der Waals surface area (Å²) in [5.41, 5.74) is 0.908. The van der Waals surface area contributed by atoms with Crippen molar-refractivity contribution in [3.8, 4) is 5.75 Å². The smallest absolute Gasteiger partial charge is 0.132 e. The zero-order chi connectivity index (χ0) is 13.2. The zero-order valence-corrected chi connectivity index (χ0v) is 12.5. The Morgan fingerprint density at radius 3 is 2.17 bits per heavy atom. The van der Waals surface area contributed by atoms with Crippen molar-refractivity contribution in [2.75, 3.05) is 6.61 Å². The number of benzene rings is 1. The number of hydrogen-bond donors (Lipinski definition) is 0. The summed E-state index contributed by atoms with van der Waals surface area (Å²) in [4.78, 5) is -0.461. The molecule has 3 heteroatoms. The Bertz CT molecular complexity index is 309. The summed E-state index contributed by atoms with van der Waals surface area (Å²) in [5.74, 6) is 0.890. The van der Waals surface area contributed by atoms with Gasteiger partial charge in [-0.25, -0.2) is 0 Å². The molecule has 0 saturated carbocycles. The van der Waals surface area contributed by atoms with Crippen molar-refractivity contribution in [1.29, 1.82) is 0 Å². The molecule has 18 heavy (non-hydrogen) atoms. The number of rotatable bonds is 9. The molecule has 0 aliphatic carbocycles. The molecule has 0 N–H and O–H groups in total. The minimum atomic E-state index is -0.461. The van der Waals surface area contributed by atoms with Crippen LogP contribution < -0.4 is 4.74 Å². The van der Waals surface area contributed by atoms with E-state index in [2.05, 4.69) is 6.92 Å². The molecule has 0 saturated heterocycles. The molecule has 0 bridgehead atoms. The number of halogens is 2. The van der Waals surface area contributed by atoms with Crippen LogP contribution in [-0.2, 0) is 0 Å². The predicted molar refractivity (Wildman–Crippen MR) is 79.8 cm³/mol. The van der Waals surface area contributed by atoms with Gasteiger partial charge >= 0.3 is 0 Å². The van der Waals surface area contributed by atoms with Crippen LogP contribution in [0.4, 0.5) is 0 Å². The summed E-state index contributed by atoms with van der Waals surface area (Å²) in [6.07, 6.45) is 7.68. The fourth-order valence-electron chi connectivity index (χ4n) is 1.78. The van der Waals surface area contributed by atoms with Crippen LogP contribution in [0.25, 0.3) is 0 Å². The van der Waals surface area contributed by atoms with Crippen LogP contribution in [0.5, 0.6) is 5.75 Å². The van der Waals surface area contributed by atoms with Gasteiger partial charge in [0.25, 0.3) is 0 Å². The number of ether oxygens (including phenoxy) is 1. The Morgan fingerprint density at radius 2 is 1.56 bits per heavy atom. The maximum Gasteiger partial charge on any atom is 0.132 e. The van der Waals surface area contributed by atoms with E-state index in [0.717, 1.165) is 24.3 Å². The number of hydrogen-bond acceptors (Lipinski definition) is 1. The molecular weight excluding hydrogens is 267 g/mol. The summed E-state index contributed by atoms with van der Waals surface area (Å²) in [6.45, 7) is 3.02. The molecule has 0 aromatic heterocycles. The quantitative estimate of drug-likeness (QED) is 0.406. The summed E-state index contributed by atoms with van der Waals surface area (Å²) in [6, 6.07) is 7.65. The van der Waals surface area contributed by atoms with Gasteiger partial charge in [-0.2, -0.15) is 0 Å². The molecule has 0 radical (unpaired) electrons. The summed E-state index contributed by atoms with van der Waals surface area (Å²) >= 11 is 11.5. The first kappa shape index (κ1) is 15.7. The molecule has 1 rings (SSSR count). The van der Waals surface area contributed by atoms with Crippen molar-refractivity contribution in [3.63, 3.8) is 0 Å². The Balaban J connectivity index is 2.12. The highest BCUT2D eigenvalue weighted by molar-refractivity contribution is 6.44. The van der Waals surface area contributed by atoms with Crippen LogP contribution in [0.1, 0.15) is 55.8 Å². The fourth-order valence-corrected chi connectivity index (χ4v) is 2.07. The van der Waals surface area contributed by atoms with Crippen LogP contribution in [0.2, 0.25) is 0 Å². The van der Waals surface area contributed by atoms with Gasteiger partial charge in [0.1, 0.15) is 10.6 Å². The lowest BCUT2D eigenvalue weighted by Gasteiger charge is -2.07. The second kappa shape index (κ2) is 9.52. The van der Waals surface area contributed by atoms with Gasteiger partial charge in [-0.3, -0.25) is 0 Å². The van der Waals surface area contributed by atoms with Crippen molar-refractivity contribution in [3.05, 3.63) is 29.8 Å². The highest BCUT2D eigenvalue weighted by Crippen LogP contribution is 2.26. The summed E-state index contributed by atoms with van der Waals surface area (Å²) < 4.78 is 5.66. The van der Waals surface area contributed by atoms with E-state index in [9.17, 15) is 0 Å². The second-order valence-corrected chi connectivity index (χ2v) is 5.58. The van der Waals surface area contributed by atoms with Crippen molar-refractivity contribution >= 4 is 23.2 Å². The van der Waals surface area contributed by atoms with E-state index in [4.69, 9.17) is 27.9 Å². The Labute approximate surface area is 120 Å². The van der Waals surface area contributed by atoms with Crippen LogP contribution in [0, 0.1) is 0 Å². The molecule has 102 valence electrons. The van der Waals surface area contributed by atoms with Crippen molar-refractivity contribution in [2.24, 2.45) is 0 Å². The van der Waals surface area contributed by atoms with Crippen LogP contribution in [0.3, 0.4) is 0 Å². The van der Waals surface area contributed by atoms with Gasteiger partial charge in [-0.05, 0) is 24.1 Å². The summed E-state index contributed by atoms with van der Waals surface area (Å²) in [7, 11) is 0. The number of alkyl halides is 2. The van der Waals surface area contributed by atoms with Gasteiger partial charge in [0.15, 0.2) is 0 Å². The second-order valence-electron chi connectivity index (χ2n) is 4.49. The van der Waals surface area contributed by atoms with Gasteiger partial charge in [-0.1, -0.05) is 51.2 Å². The predicted octanol–water partition coefficient (Wildman–Crippen LogP) is 5.90. The van der Waals surface area contributed by atoms with Gasteiger partial charge in [0.05, 0.1) is 6.61 Å². The zero-order valence-electron chi connectivity index (χ0n) is 11.0. The van der Waals surface area contributed by atoms with Crippen LogP contribution in [0.15, 0.2) is 24.3 Å². The average molecular weight is 289 g/mol. The number of unbranched alkanes of at least 4 members (excludes halogenated alkanes) is 5. The van der Waals surface area contributed by atoms with E-state index in [1.54, 1.807) is 0 Å². The van der Waals surface area contributed by atoms with Gasteiger partial charge in [-0.15, -0.1) is 23.2 Å². The molecule has 1 nitrogen and oxygen atoms in total. The fraction of sp³-hybridized carbons (Fsp3) is 0.600. The molecule has 0 spiro atoms. The Morgan fingerprint density at radius 1 is 0.944 bits per heavy atom. The van der Waals surface area contributed by atoms with Gasteiger partial charge in [0, 0.05) is 0 Å². The maximum atomic E-state index is 5.77. The molecule has 0 fully saturated rings. The molecule has 0 amide bonds. The lowest BCUT2D eigenvalue weighted by Crippen LogP contribution is -1.97. The standard InChI is InChI=1S/C15H22Cl2O/c1-2-3-4-5-6-7-12-18-14-10-8-13(9-11-14)15(16)17/h8-11,15H,2-7,12H2,1H3. The molecule has 1 aromatic carbocycles.